The summed E-state index contributed by atoms with van der Waals surface area (Å²) in [5, 5.41) is 5.63. The lowest BCUT2D eigenvalue weighted by molar-refractivity contribution is 0.195. The van der Waals surface area contributed by atoms with E-state index in [0.29, 0.717) is 13.2 Å². The molecular weight excluding hydrogens is 260 g/mol. The van der Waals surface area contributed by atoms with Crippen molar-refractivity contribution in [3.8, 4) is 0 Å². The molecule has 2 amide bonds. The minimum atomic E-state index is -0.170. The van der Waals surface area contributed by atoms with Crippen molar-refractivity contribution in [3.63, 3.8) is 0 Å². The normalized spacial score (nSPS) is 11.9. The number of amides is 2. The second-order valence-corrected chi connectivity index (χ2v) is 5.45. The van der Waals surface area contributed by atoms with Gasteiger partial charge in [0.05, 0.1) is 12.6 Å². The van der Waals surface area contributed by atoms with Crippen LogP contribution in [0.2, 0.25) is 0 Å². The van der Waals surface area contributed by atoms with E-state index < -0.39 is 0 Å². The van der Waals surface area contributed by atoms with Crippen molar-refractivity contribution in [2.75, 3.05) is 26.0 Å². The highest BCUT2D eigenvalue weighted by Crippen LogP contribution is 2.20. The monoisotopic (exact) mass is 282 g/mol. The molecule has 0 saturated heterocycles. The zero-order chi connectivity index (χ0) is 14.1. The molecule has 19 heavy (non-hydrogen) atoms. The van der Waals surface area contributed by atoms with Gasteiger partial charge in [-0.15, -0.1) is 11.8 Å². The minimum Gasteiger partial charge on any atom is -0.383 e. The van der Waals surface area contributed by atoms with Gasteiger partial charge >= 0.3 is 6.03 Å². The van der Waals surface area contributed by atoms with Crippen LogP contribution in [0.25, 0.3) is 0 Å². The Morgan fingerprint density at radius 2 is 2.05 bits per heavy atom. The third-order valence-electron chi connectivity index (χ3n) is 2.63. The molecule has 0 radical (unpaired) electrons. The van der Waals surface area contributed by atoms with Crippen molar-refractivity contribution in [1.29, 1.82) is 0 Å². The zero-order valence-corrected chi connectivity index (χ0v) is 12.5. The topological polar surface area (TPSA) is 50.4 Å². The van der Waals surface area contributed by atoms with Crippen LogP contribution in [0.15, 0.2) is 29.2 Å². The van der Waals surface area contributed by atoms with E-state index >= 15 is 0 Å². The fourth-order valence-corrected chi connectivity index (χ4v) is 2.28. The van der Waals surface area contributed by atoms with E-state index in [1.165, 1.54) is 4.90 Å². The molecule has 1 atom stereocenters. The number of benzene rings is 1. The molecule has 0 unspecified atom stereocenters. The van der Waals surface area contributed by atoms with Gasteiger partial charge in [0.1, 0.15) is 0 Å². The number of carbonyl (C=O) groups excluding carboxylic acids is 1. The molecule has 1 aromatic carbocycles. The number of methoxy groups -OCH3 is 1. The molecule has 0 spiro atoms. The number of nitrogens with one attached hydrogen (secondary N) is 2. The summed E-state index contributed by atoms with van der Waals surface area (Å²) in [4.78, 5) is 12.8. The Balaban J connectivity index is 2.43. The van der Waals surface area contributed by atoms with Crippen LogP contribution in [-0.4, -0.2) is 32.0 Å². The average Bonchev–Trinajstić information content (AvgIpc) is 2.40. The van der Waals surface area contributed by atoms with Crippen LogP contribution < -0.4 is 10.6 Å². The van der Waals surface area contributed by atoms with E-state index in [2.05, 4.69) is 41.8 Å². The van der Waals surface area contributed by atoms with Crippen LogP contribution >= 0.6 is 11.8 Å². The Hall–Kier alpha value is -1.20. The Labute approximate surface area is 119 Å². The van der Waals surface area contributed by atoms with Crippen molar-refractivity contribution in [2.45, 2.75) is 24.8 Å². The van der Waals surface area contributed by atoms with Crippen molar-refractivity contribution in [2.24, 2.45) is 0 Å². The predicted octanol–water partition coefficient (Wildman–Crippen LogP) is 2.81. The van der Waals surface area contributed by atoms with E-state index in [4.69, 9.17) is 4.74 Å². The highest BCUT2D eigenvalue weighted by Gasteiger charge is 2.08. The van der Waals surface area contributed by atoms with Gasteiger partial charge in [-0.2, -0.15) is 0 Å². The third kappa shape index (κ3) is 5.98. The van der Waals surface area contributed by atoms with Crippen LogP contribution in [0.4, 0.5) is 4.79 Å². The first-order valence-electron chi connectivity index (χ1n) is 6.43. The number of urea groups is 1. The molecule has 1 aromatic rings. The van der Waals surface area contributed by atoms with Crippen LogP contribution in [0.3, 0.4) is 0 Å². The standard InChI is InChI=1S/C14H22N2O2S/c1-4-19-13-7-5-12(6-8-13)11(2)16-14(17)15-9-10-18-3/h5-8,11H,4,9-10H2,1-3H3,(H2,15,16,17)/t11-/m1/s1. The lowest BCUT2D eigenvalue weighted by atomic mass is 10.1. The largest absolute Gasteiger partial charge is 0.383 e. The quantitative estimate of drug-likeness (QED) is 0.597. The Morgan fingerprint density at radius 1 is 1.37 bits per heavy atom. The van der Waals surface area contributed by atoms with Gasteiger partial charge in [0.2, 0.25) is 0 Å². The van der Waals surface area contributed by atoms with Gasteiger partial charge < -0.3 is 15.4 Å². The van der Waals surface area contributed by atoms with Crippen molar-refractivity contribution < 1.29 is 9.53 Å². The minimum absolute atomic E-state index is 0.0109. The van der Waals surface area contributed by atoms with E-state index in [1.807, 2.05) is 18.7 Å². The molecule has 0 saturated carbocycles. The molecule has 0 aliphatic heterocycles. The molecule has 0 heterocycles. The molecule has 5 heteroatoms. The van der Waals surface area contributed by atoms with Crippen molar-refractivity contribution in [1.82, 2.24) is 10.6 Å². The number of thioether (sulfide) groups is 1. The highest BCUT2D eigenvalue weighted by molar-refractivity contribution is 7.99. The Bertz CT molecular complexity index is 382. The average molecular weight is 282 g/mol. The first-order valence-corrected chi connectivity index (χ1v) is 7.42. The van der Waals surface area contributed by atoms with Crippen LogP contribution in [0.5, 0.6) is 0 Å². The fraction of sp³-hybridized carbons (Fsp3) is 0.500. The second-order valence-electron chi connectivity index (χ2n) is 4.12. The van der Waals surface area contributed by atoms with Crippen LogP contribution in [0.1, 0.15) is 25.5 Å². The highest BCUT2D eigenvalue weighted by atomic mass is 32.2. The summed E-state index contributed by atoms with van der Waals surface area (Å²) in [6, 6.07) is 8.10. The van der Waals surface area contributed by atoms with E-state index in [-0.39, 0.29) is 12.1 Å². The van der Waals surface area contributed by atoms with Gasteiger partial charge in [0.15, 0.2) is 0 Å². The number of carbonyl (C=O) groups is 1. The first-order chi connectivity index (χ1) is 9.17. The van der Waals surface area contributed by atoms with Crippen molar-refractivity contribution >= 4 is 17.8 Å². The third-order valence-corrected chi connectivity index (χ3v) is 3.52. The molecule has 0 aliphatic rings. The molecule has 0 aromatic heterocycles. The maximum Gasteiger partial charge on any atom is 0.315 e. The Kier molecular flexibility index (Phi) is 7.36. The maximum atomic E-state index is 11.6. The fourth-order valence-electron chi connectivity index (χ4n) is 1.62. The van der Waals surface area contributed by atoms with Gasteiger partial charge in [-0.3, -0.25) is 0 Å². The van der Waals surface area contributed by atoms with Crippen LogP contribution in [0, 0.1) is 0 Å². The van der Waals surface area contributed by atoms with Gasteiger partial charge in [-0.25, -0.2) is 4.79 Å². The lowest BCUT2D eigenvalue weighted by Gasteiger charge is -2.15. The SMILES string of the molecule is CCSc1ccc([C@@H](C)NC(=O)NCCOC)cc1. The number of hydrogen-bond donors (Lipinski definition) is 2. The second kappa shape index (κ2) is 8.82. The van der Waals surface area contributed by atoms with E-state index in [0.717, 1.165) is 11.3 Å². The molecular formula is C14H22N2O2S. The molecule has 4 nitrogen and oxygen atoms in total. The summed E-state index contributed by atoms with van der Waals surface area (Å²) >= 11 is 1.81. The number of rotatable bonds is 7. The van der Waals surface area contributed by atoms with E-state index in [1.54, 1.807) is 7.11 Å². The van der Waals surface area contributed by atoms with Gasteiger partial charge in [0, 0.05) is 18.6 Å². The van der Waals surface area contributed by atoms with Crippen molar-refractivity contribution in [3.05, 3.63) is 29.8 Å². The molecule has 106 valence electrons. The summed E-state index contributed by atoms with van der Waals surface area (Å²) in [5.74, 6) is 1.06. The summed E-state index contributed by atoms with van der Waals surface area (Å²) < 4.78 is 4.87. The molecule has 0 aliphatic carbocycles. The zero-order valence-electron chi connectivity index (χ0n) is 11.7. The van der Waals surface area contributed by atoms with E-state index in [9.17, 15) is 4.79 Å². The Morgan fingerprint density at radius 3 is 2.63 bits per heavy atom. The molecule has 0 fully saturated rings. The summed E-state index contributed by atoms with van der Waals surface area (Å²) in [6.45, 7) is 5.14. The molecule has 1 rings (SSSR count). The maximum absolute atomic E-state index is 11.6. The lowest BCUT2D eigenvalue weighted by Crippen LogP contribution is -2.38. The molecule has 0 bridgehead atoms. The number of ether oxygens (including phenoxy) is 1. The summed E-state index contributed by atoms with van der Waals surface area (Å²) in [5.41, 5.74) is 1.10. The summed E-state index contributed by atoms with van der Waals surface area (Å²) in [6.07, 6.45) is 0. The predicted molar refractivity (Wildman–Crippen MR) is 79.7 cm³/mol. The molecule has 2 N–H and O–H groups in total. The van der Waals surface area contributed by atoms with Gasteiger partial charge in [-0.1, -0.05) is 19.1 Å². The number of hydrogen-bond acceptors (Lipinski definition) is 3. The summed E-state index contributed by atoms with van der Waals surface area (Å²) in [7, 11) is 1.61. The smallest absolute Gasteiger partial charge is 0.315 e. The van der Waals surface area contributed by atoms with Gasteiger partial charge in [-0.05, 0) is 30.4 Å². The van der Waals surface area contributed by atoms with Gasteiger partial charge in [0.25, 0.3) is 0 Å². The van der Waals surface area contributed by atoms with Crippen LogP contribution in [-0.2, 0) is 4.74 Å². The first kappa shape index (κ1) is 15.9.